The monoisotopic (exact) mass is 308 g/mol. The summed E-state index contributed by atoms with van der Waals surface area (Å²) in [6, 6.07) is 2.65. The molecule has 0 amide bonds. The first kappa shape index (κ1) is 13.9. The van der Waals surface area contributed by atoms with Crippen LogP contribution in [-0.4, -0.2) is 34.1 Å². The van der Waals surface area contributed by atoms with Crippen LogP contribution in [0.2, 0.25) is 0 Å². The van der Waals surface area contributed by atoms with Gasteiger partial charge in [0.1, 0.15) is 10.6 Å². The zero-order chi connectivity index (χ0) is 13.8. The summed E-state index contributed by atoms with van der Waals surface area (Å²) in [5.41, 5.74) is 0. The van der Waals surface area contributed by atoms with Crippen LogP contribution in [0.5, 0.6) is 0 Å². The Balaban J connectivity index is 1.84. The molecule has 0 bridgehead atoms. The number of rotatable bonds is 5. The fourth-order valence-corrected chi connectivity index (χ4v) is 4.17. The average Bonchev–Trinajstić information content (AvgIpc) is 2.95. The smallest absolute Gasteiger partial charge is 0.226 e. The number of hydrogen-bond acceptors (Lipinski definition) is 6. The molecule has 0 radical (unpaired) electrons. The van der Waals surface area contributed by atoms with Gasteiger partial charge in [0, 0.05) is 18.3 Å². The average molecular weight is 308 g/mol. The van der Waals surface area contributed by atoms with E-state index in [1.54, 1.807) is 11.3 Å². The van der Waals surface area contributed by atoms with Crippen LogP contribution in [0.4, 0.5) is 11.8 Å². The molecule has 1 aliphatic heterocycles. The summed E-state index contributed by atoms with van der Waals surface area (Å²) in [7, 11) is 0. The molecule has 6 heteroatoms. The highest BCUT2D eigenvalue weighted by Crippen LogP contribution is 2.28. The highest BCUT2D eigenvalue weighted by molar-refractivity contribution is 7.99. The van der Waals surface area contributed by atoms with Crippen molar-refractivity contribution in [2.75, 3.05) is 28.7 Å². The molecular weight excluding hydrogens is 288 g/mol. The molecule has 2 N–H and O–H groups in total. The molecule has 108 valence electrons. The lowest BCUT2D eigenvalue weighted by atomic mass is 10.2. The van der Waals surface area contributed by atoms with Crippen molar-refractivity contribution in [3.05, 3.63) is 11.4 Å². The summed E-state index contributed by atoms with van der Waals surface area (Å²) in [5.74, 6) is 4.20. The third-order valence-electron chi connectivity index (χ3n) is 3.36. The summed E-state index contributed by atoms with van der Waals surface area (Å²) >= 11 is 3.70. The maximum absolute atomic E-state index is 4.67. The minimum absolute atomic E-state index is 0.533. The summed E-state index contributed by atoms with van der Waals surface area (Å²) in [6.45, 7) is 3.06. The van der Waals surface area contributed by atoms with Gasteiger partial charge in [-0.1, -0.05) is 6.92 Å². The fourth-order valence-electron chi connectivity index (χ4n) is 2.33. The number of thiophene rings is 1. The zero-order valence-corrected chi connectivity index (χ0v) is 13.3. The topological polar surface area (TPSA) is 49.8 Å². The van der Waals surface area contributed by atoms with Crippen molar-refractivity contribution in [3.63, 3.8) is 0 Å². The molecule has 1 saturated heterocycles. The van der Waals surface area contributed by atoms with Crippen LogP contribution in [0.3, 0.4) is 0 Å². The minimum atomic E-state index is 0.533. The van der Waals surface area contributed by atoms with Crippen molar-refractivity contribution in [1.82, 2.24) is 9.97 Å². The molecule has 3 rings (SSSR count). The third-order valence-corrected chi connectivity index (χ3v) is 5.38. The van der Waals surface area contributed by atoms with Gasteiger partial charge in [0.15, 0.2) is 0 Å². The van der Waals surface area contributed by atoms with E-state index in [2.05, 4.69) is 39.0 Å². The van der Waals surface area contributed by atoms with Crippen LogP contribution in [0.25, 0.3) is 10.2 Å². The first-order valence-corrected chi connectivity index (χ1v) is 9.23. The predicted molar refractivity (Wildman–Crippen MR) is 90.2 cm³/mol. The van der Waals surface area contributed by atoms with Crippen molar-refractivity contribution in [2.24, 2.45) is 0 Å². The van der Waals surface area contributed by atoms with E-state index in [9.17, 15) is 0 Å². The molecule has 0 aliphatic carbocycles. The van der Waals surface area contributed by atoms with Crippen molar-refractivity contribution in [2.45, 2.75) is 32.2 Å². The molecule has 1 unspecified atom stereocenters. The van der Waals surface area contributed by atoms with Gasteiger partial charge in [0.25, 0.3) is 0 Å². The Kier molecular flexibility index (Phi) is 4.62. The normalized spacial score (nSPS) is 19.1. The van der Waals surface area contributed by atoms with Crippen LogP contribution in [0, 0.1) is 0 Å². The largest absolute Gasteiger partial charge is 0.366 e. The Bertz CT molecular complexity index is 563. The summed E-state index contributed by atoms with van der Waals surface area (Å²) in [6.07, 6.45) is 3.61. The lowest BCUT2D eigenvalue weighted by Crippen LogP contribution is -2.26. The molecular formula is C14H20N4S2. The van der Waals surface area contributed by atoms with E-state index >= 15 is 0 Å². The van der Waals surface area contributed by atoms with E-state index in [4.69, 9.17) is 0 Å². The first-order chi connectivity index (χ1) is 9.86. The van der Waals surface area contributed by atoms with Crippen molar-refractivity contribution >= 4 is 45.1 Å². The zero-order valence-electron chi connectivity index (χ0n) is 11.7. The summed E-state index contributed by atoms with van der Waals surface area (Å²) in [5, 5.41) is 10.1. The van der Waals surface area contributed by atoms with Gasteiger partial charge in [-0.05, 0) is 36.5 Å². The second-order valence-corrected chi connectivity index (χ2v) is 7.06. The number of fused-ring (bicyclic) bond motifs is 1. The second-order valence-electron chi connectivity index (χ2n) is 5.02. The molecule has 1 fully saturated rings. The molecule has 0 spiro atoms. The van der Waals surface area contributed by atoms with E-state index in [0.717, 1.165) is 34.9 Å². The Morgan fingerprint density at radius 2 is 2.35 bits per heavy atom. The van der Waals surface area contributed by atoms with Gasteiger partial charge in [-0.2, -0.15) is 16.7 Å². The molecule has 4 nitrogen and oxygen atoms in total. The second kappa shape index (κ2) is 6.63. The highest BCUT2D eigenvalue weighted by atomic mass is 32.2. The Morgan fingerprint density at radius 1 is 1.40 bits per heavy atom. The summed E-state index contributed by atoms with van der Waals surface area (Å²) in [4.78, 5) is 10.3. The number of aromatic nitrogens is 2. The predicted octanol–water partition coefficient (Wildman–Crippen LogP) is 3.82. The van der Waals surface area contributed by atoms with Gasteiger partial charge >= 0.3 is 0 Å². The molecule has 1 atom stereocenters. The van der Waals surface area contributed by atoms with Gasteiger partial charge in [-0.3, -0.25) is 0 Å². The molecule has 20 heavy (non-hydrogen) atoms. The van der Waals surface area contributed by atoms with E-state index < -0.39 is 0 Å². The minimum Gasteiger partial charge on any atom is -0.366 e. The maximum atomic E-state index is 4.67. The number of thioether (sulfide) groups is 1. The van der Waals surface area contributed by atoms with Crippen molar-refractivity contribution in [1.29, 1.82) is 0 Å². The standard InChI is InChI=1S/C14H20N4S2/c1-2-6-15-14-17-12(11-5-8-20-13(11)18-14)16-10-4-3-7-19-9-10/h5,8,10H,2-4,6-7,9H2,1H3,(H2,15,16,17,18). The molecule has 2 aromatic rings. The number of anilines is 2. The van der Waals surface area contributed by atoms with Gasteiger partial charge in [0.05, 0.1) is 5.39 Å². The van der Waals surface area contributed by atoms with Crippen molar-refractivity contribution < 1.29 is 0 Å². The van der Waals surface area contributed by atoms with E-state index in [-0.39, 0.29) is 0 Å². The van der Waals surface area contributed by atoms with E-state index in [1.807, 2.05) is 11.8 Å². The van der Waals surface area contributed by atoms with Gasteiger partial charge < -0.3 is 10.6 Å². The Labute approximate surface area is 127 Å². The van der Waals surface area contributed by atoms with Crippen LogP contribution in [-0.2, 0) is 0 Å². The molecule has 0 saturated carbocycles. The third kappa shape index (κ3) is 3.17. The van der Waals surface area contributed by atoms with Crippen LogP contribution in [0.1, 0.15) is 26.2 Å². The first-order valence-electron chi connectivity index (χ1n) is 7.20. The molecule has 0 aromatic carbocycles. The van der Waals surface area contributed by atoms with E-state index in [1.165, 1.54) is 24.3 Å². The van der Waals surface area contributed by atoms with Crippen LogP contribution < -0.4 is 10.6 Å². The van der Waals surface area contributed by atoms with E-state index in [0.29, 0.717) is 6.04 Å². The van der Waals surface area contributed by atoms with Gasteiger partial charge in [-0.25, -0.2) is 4.98 Å². The highest BCUT2D eigenvalue weighted by Gasteiger charge is 2.16. The number of nitrogens with one attached hydrogen (secondary N) is 2. The number of nitrogens with zero attached hydrogens (tertiary/aromatic N) is 2. The maximum Gasteiger partial charge on any atom is 0.226 e. The quantitative estimate of drug-likeness (QED) is 0.879. The fraction of sp³-hybridized carbons (Fsp3) is 0.571. The molecule has 2 aromatic heterocycles. The lowest BCUT2D eigenvalue weighted by molar-refractivity contribution is 0.683. The Morgan fingerprint density at radius 3 is 3.15 bits per heavy atom. The van der Waals surface area contributed by atoms with Gasteiger partial charge in [-0.15, -0.1) is 11.3 Å². The molecule has 3 heterocycles. The Hall–Kier alpha value is -1.01. The number of hydrogen-bond donors (Lipinski definition) is 2. The summed E-state index contributed by atoms with van der Waals surface area (Å²) < 4.78 is 0. The van der Waals surface area contributed by atoms with Crippen LogP contribution in [0.15, 0.2) is 11.4 Å². The lowest BCUT2D eigenvalue weighted by Gasteiger charge is -2.23. The van der Waals surface area contributed by atoms with Crippen molar-refractivity contribution in [3.8, 4) is 0 Å². The van der Waals surface area contributed by atoms with Crippen LogP contribution >= 0.6 is 23.1 Å². The van der Waals surface area contributed by atoms with Gasteiger partial charge in [0.2, 0.25) is 5.95 Å². The molecule has 1 aliphatic rings. The SMILES string of the molecule is CCCNc1nc(NC2CCCSC2)c2ccsc2n1.